The first kappa shape index (κ1) is 30.7. The van der Waals surface area contributed by atoms with Gasteiger partial charge in [0.1, 0.15) is 0 Å². The predicted molar refractivity (Wildman–Crippen MR) is 142 cm³/mol. The molecule has 0 aromatic heterocycles. The molecule has 2 atom stereocenters. The molecule has 1 nitrogen and oxygen atoms in total. The lowest BCUT2D eigenvalue weighted by molar-refractivity contribution is 0.180. The van der Waals surface area contributed by atoms with E-state index in [9.17, 15) is 5.11 Å². The standard InChI is InChI=1S/C30H60O/c1-5-6-7-8-9-10-11-13-16-19-22-25-28(2)29(3)26-23-20-17-14-12-15-18-21-24-27-30(4)31/h29-31H,2,5-27H2,1,3-4H3. The van der Waals surface area contributed by atoms with E-state index in [0.717, 1.165) is 12.3 Å². The molecule has 0 saturated heterocycles. The smallest absolute Gasteiger partial charge is 0.0512 e. The van der Waals surface area contributed by atoms with Gasteiger partial charge in [0.2, 0.25) is 0 Å². The summed E-state index contributed by atoms with van der Waals surface area (Å²) in [6, 6.07) is 0. The third-order valence-electron chi connectivity index (χ3n) is 7.06. The Morgan fingerprint density at radius 3 is 1.32 bits per heavy atom. The molecular formula is C30H60O. The molecule has 186 valence electrons. The van der Waals surface area contributed by atoms with Crippen molar-refractivity contribution in [1.82, 2.24) is 0 Å². The molecule has 0 aromatic rings. The van der Waals surface area contributed by atoms with Crippen LogP contribution in [0.3, 0.4) is 0 Å². The predicted octanol–water partition coefficient (Wildman–Crippen LogP) is 10.6. The van der Waals surface area contributed by atoms with Crippen molar-refractivity contribution >= 4 is 0 Å². The molecule has 0 aliphatic heterocycles. The number of rotatable bonds is 25. The van der Waals surface area contributed by atoms with Crippen LogP contribution < -0.4 is 0 Å². The van der Waals surface area contributed by atoms with Gasteiger partial charge >= 0.3 is 0 Å². The van der Waals surface area contributed by atoms with E-state index >= 15 is 0 Å². The average molecular weight is 437 g/mol. The van der Waals surface area contributed by atoms with Crippen LogP contribution >= 0.6 is 0 Å². The van der Waals surface area contributed by atoms with E-state index in [0.29, 0.717) is 0 Å². The molecule has 0 aliphatic carbocycles. The number of unbranched alkanes of at least 4 members (excludes halogenated alkanes) is 18. The average Bonchev–Trinajstić information content (AvgIpc) is 2.75. The molecular weight excluding hydrogens is 376 g/mol. The van der Waals surface area contributed by atoms with Crippen molar-refractivity contribution in [1.29, 1.82) is 0 Å². The number of aliphatic hydroxyl groups is 1. The van der Waals surface area contributed by atoms with Crippen molar-refractivity contribution in [2.45, 2.75) is 175 Å². The molecule has 0 bridgehead atoms. The van der Waals surface area contributed by atoms with Crippen LogP contribution in [0, 0.1) is 5.92 Å². The van der Waals surface area contributed by atoms with Crippen LogP contribution in [-0.2, 0) is 0 Å². The fourth-order valence-electron chi connectivity index (χ4n) is 4.59. The van der Waals surface area contributed by atoms with Gasteiger partial charge in [0.05, 0.1) is 6.10 Å². The maximum absolute atomic E-state index is 9.26. The van der Waals surface area contributed by atoms with Gasteiger partial charge in [-0.05, 0) is 38.5 Å². The Kier molecular flexibility index (Phi) is 24.1. The Morgan fingerprint density at radius 1 is 0.548 bits per heavy atom. The zero-order valence-electron chi connectivity index (χ0n) is 22.1. The molecule has 0 rings (SSSR count). The second kappa shape index (κ2) is 24.3. The summed E-state index contributed by atoms with van der Waals surface area (Å²) in [6.07, 6.45) is 31.4. The van der Waals surface area contributed by atoms with Gasteiger partial charge in [-0.15, -0.1) is 0 Å². The molecule has 1 heteroatoms. The van der Waals surface area contributed by atoms with Crippen molar-refractivity contribution < 1.29 is 5.11 Å². The molecule has 31 heavy (non-hydrogen) atoms. The van der Waals surface area contributed by atoms with E-state index in [1.807, 2.05) is 6.92 Å². The second-order valence-electron chi connectivity index (χ2n) is 10.5. The molecule has 0 spiro atoms. The van der Waals surface area contributed by atoms with Crippen LogP contribution in [0.5, 0.6) is 0 Å². The SMILES string of the molecule is C=C(CCCCCCCCCCCCC)C(C)CCCCCCCCCCCC(C)O. The Hall–Kier alpha value is -0.300. The highest BCUT2D eigenvalue weighted by atomic mass is 16.3. The third-order valence-corrected chi connectivity index (χ3v) is 7.06. The van der Waals surface area contributed by atoms with E-state index in [2.05, 4.69) is 20.4 Å². The zero-order valence-corrected chi connectivity index (χ0v) is 22.1. The number of allylic oxidation sites excluding steroid dienone is 1. The Morgan fingerprint density at radius 2 is 0.903 bits per heavy atom. The van der Waals surface area contributed by atoms with Crippen LogP contribution in [0.15, 0.2) is 12.2 Å². The van der Waals surface area contributed by atoms with Crippen molar-refractivity contribution in [3.05, 3.63) is 12.2 Å². The zero-order chi connectivity index (χ0) is 23.0. The van der Waals surface area contributed by atoms with E-state index < -0.39 is 0 Å². The lowest BCUT2D eigenvalue weighted by Gasteiger charge is -2.14. The lowest BCUT2D eigenvalue weighted by Crippen LogP contribution is -1.99. The second-order valence-corrected chi connectivity index (χ2v) is 10.5. The molecule has 0 aliphatic rings. The van der Waals surface area contributed by atoms with E-state index in [4.69, 9.17) is 0 Å². The molecule has 0 radical (unpaired) electrons. The Balaban J connectivity index is 3.32. The van der Waals surface area contributed by atoms with Gasteiger partial charge in [0, 0.05) is 0 Å². The van der Waals surface area contributed by atoms with Crippen molar-refractivity contribution in [2.75, 3.05) is 0 Å². The summed E-state index contributed by atoms with van der Waals surface area (Å²) in [5, 5.41) is 9.26. The maximum atomic E-state index is 9.26. The first-order chi connectivity index (χ1) is 15.1. The van der Waals surface area contributed by atoms with Gasteiger partial charge in [-0.25, -0.2) is 0 Å². The van der Waals surface area contributed by atoms with Gasteiger partial charge in [-0.2, -0.15) is 0 Å². The normalized spacial score (nSPS) is 13.4. The third kappa shape index (κ3) is 24.2. The van der Waals surface area contributed by atoms with Crippen LogP contribution in [0.4, 0.5) is 0 Å². The summed E-state index contributed by atoms with van der Waals surface area (Å²) in [5.74, 6) is 0.719. The summed E-state index contributed by atoms with van der Waals surface area (Å²) in [6.45, 7) is 11.0. The number of aliphatic hydroxyl groups excluding tert-OH is 1. The number of hydrogen-bond acceptors (Lipinski definition) is 1. The van der Waals surface area contributed by atoms with Crippen molar-refractivity contribution in [3.8, 4) is 0 Å². The summed E-state index contributed by atoms with van der Waals surface area (Å²) in [4.78, 5) is 0. The molecule has 0 heterocycles. The molecule has 0 aromatic carbocycles. The maximum Gasteiger partial charge on any atom is 0.0512 e. The quantitative estimate of drug-likeness (QED) is 0.111. The highest BCUT2D eigenvalue weighted by molar-refractivity contribution is 4.98. The first-order valence-corrected chi connectivity index (χ1v) is 14.4. The lowest BCUT2D eigenvalue weighted by atomic mass is 9.91. The van der Waals surface area contributed by atoms with E-state index in [1.54, 1.807) is 0 Å². The molecule has 0 fully saturated rings. The van der Waals surface area contributed by atoms with Crippen molar-refractivity contribution in [3.63, 3.8) is 0 Å². The van der Waals surface area contributed by atoms with Crippen LogP contribution in [0.25, 0.3) is 0 Å². The van der Waals surface area contributed by atoms with Gasteiger partial charge < -0.3 is 5.11 Å². The van der Waals surface area contributed by atoms with Gasteiger partial charge in [0.25, 0.3) is 0 Å². The van der Waals surface area contributed by atoms with E-state index in [1.165, 1.54) is 147 Å². The van der Waals surface area contributed by atoms with Crippen LogP contribution in [0.2, 0.25) is 0 Å². The molecule has 1 N–H and O–H groups in total. The summed E-state index contributed by atoms with van der Waals surface area (Å²) >= 11 is 0. The first-order valence-electron chi connectivity index (χ1n) is 14.4. The minimum absolute atomic E-state index is 0.113. The van der Waals surface area contributed by atoms with Gasteiger partial charge in [-0.3, -0.25) is 0 Å². The summed E-state index contributed by atoms with van der Waals surface area (Å²) in [5.41, 5.74) is 1.51. The van der Waals surface area contributed by atoms with Crippen LogP contribution in [-0.4, -0.2) is 11.2 Å². The van der Waals surface area contributed by atoms with Gasteiger partial charge in [0.15, 0.2) is 0 Å². The minimum Gasteiger partial charge on any atom is -0.393 e. The molecule has 0 saturated carbocycles. The highest BCUT2D eigenvalue weighted by Crippen LogP contribution is 2.23. The van der Waals surface area contributed by atoms with Gasteiger partial charge in [-0.1, -0.05) is 148 Å². The van der Waals surface area contributed by atoms with Crippen molar-refractivity contribution in [2.24, 2.45) is 5.92 Å². The van der Waals surface area contributed by atoms with Crippen LogP contribution in [0.1, 0.15) is 168 Å². The molecule has 0 amide bonds. The number of hydrogen-bond donors (Lipinski definition) is 1. The fraction of sp³-hybridized carbons (Fsp3) is 0.933. The largest absolute Gasteiger partial charge is 0.393 e. The topological polar surface area (TPSA) is 20.2 Å². The summed E-state index contributed by atoms with van der Waals surface area (Å²) in [7, 11) is 0. The Labute approximate surface area is 197 Å². The fourth-order valence-corrected chi connectivity index (χ4v) is 4.59. The molecule has 2 unspecified atom stereocenters. The highest BCUT2D eigenvalue weighted by Gasteiger charge is 2.06. The van der Waals surface area contributed by atoms with E-state index in [-0.39, 0.29) is 6.10 Å². The summed E-state index contributed by atoms with van der Waals surface area (Å²) < 4.78 is 0. The minimum atomic E-state index is -0.113. The monoisotopic (exact) mass is 436 g/mol. The Bertz CT molecular complexity index is 359.